The van der Waals surface area contributed by atoms with Gasteiger partial charge in [-0.1, -0.05) is 12.1 Å². The third-order valence-electron chi connectivity index (χ3n) is 2.70. The number of aliphatic hydroxyl groups excluding tert-OH is 2. The van der Waals surface area contributed by atoms with E-state index in [9.17, 15) is 9.90 Å². The lowest BCUT2D eigenvalue weighted by molar-refractivity contribution is 0.0690. The molecule has 0 aliphatic heterocycles. The van der Waals surface area contributed by atoms with Gasteiger partial charge in [0.2, 0.25) is 0 Å². The van der Waals surface area contributed by atoms with E-state index in [1.807, 2.05) is 0 Å². The van der Waals surface area contributed by atoms with Crippen molar-refractivity contribution in [2.75, 3.05) is 18.5 Å². The number of anilines is 1. The highest BCUT2D eigenvalue weighted by Gasteiger charge is 2.11. The molecule has 1 aromatic carbocycles. The van der Waals surface area contributed by atoms with Gasteiger partial charge in [-0.3, -0.25) is 0 Å². The fourth-order valence-corrected chi connectivity index (χ4v) is 1.69. The topological polar surface area (TPSA) is 108 Å². The Morgan fingerprint density at radius 2 is 2.10 bits per heavy atom. The molecule has 2 aromatic rings. The van der Waals surface area contributed by atoms with Crippen molar-refractivity contribution in [3.8, 4) is 5.69 Å². The molecule has 0 saturated carbocycles. The average molecular weight is 277 g/mol. The Balaban J connectivity index is 2.24. The van der Waals surface area contributed by atoms with Crippen molar-refractivity contribution in [1.29, 1.82) is 0 Å². The summed E-state index contributed by atoms with van der Waals surface area (Å²) in [6.45, 7) is -0.152. The lowest BCUT2D eigenvalue weighted by atomic mass is 10.2. The Morgan fingerprint density at radius 1 is 1.35 bits per heavy atom. The van der Waals surface area contributed by atoms with Gasteiger partial charge in [-0.2, -0.15) is 5.10 Å². The van der Waals surface area contributed by atoms with Gasteiger partial charge in [0.1, 0.15) is 0 Å². The minimum Gasteiger partial charge on any atom is -0.476 e. The number of benzene rings is 1. The molecule has 0 spiro atoms. The molecule has 1 atom stereocenters. The summed E-state index contributed by atoms with van der Waals surface area (Å²) >= 11 is 0. The monoisotopic (exact) mass is 277 g/mol. The Morgan fingerprint density at radius 3 is 2.75 bits per heavy atom. The highest BCUT2D eigenvalue weighted by molar-refractivity contribution is 5.85. The van der Waals surface area contributed by atoms with Crippen LogP contribution in [0.15, 0.2) is 36.5 Å². The first-order valence-electron chi connectivity index (χ1n) is 6.03. The largest absolute Gasteiger partial charge is 0.476 e. The second kappa shape index (κ2) is 6.18. The molecular formula is C13H15N3O4. The molecule has 0 amide bonds. The second-order valence-electron chi connectivity index (χ2n) is 4.19. The summed E-state index contributed by atoms with van der Waals surface area (Å²) in [6, 6.07) is 8.55. The van der Waals surface area contributed by atoms with Gasteiger partial charge in [-0.25, -0.2) is 9.48 Å². The highest BCUT2D eigenvalue weighted by Crippen LogP contribution is 2.19. The Bertz CT molecular complexity index is 597. The first-order chi connectivity index (χ1) is 9.61. The van der Waals surface area contributed by atoms with Gasteiger partial charge in [0.05, 0.1) is 24.1 Å². The predicted octanol–water partition coefficient (Wildman–Crippen LogP) is 0.336. The van der Waals surface area contributed by atoms with Crippen molar-refractivity contribution in [3.63, 3.8) is 0 Å². The van der Waals surface area contributed by atoms with E-state index in [1.165, 1.54) is 10.7 Å². The molecule has 1 unspecified atom stereocenters. The van der Waals surface area contributed by atoms with Gasteiger partial charge in [0.15, 0.2) is 5.69 Å². The van der Waals surface area contributed by atoms with Crippen LogP contribution in [-0.4, -0.2) is 50.3 Å². The van der Waals surface area contributed by atoms with Crippen LogP contribution in [0.25, 0.3) is 5.69 Å². The van der Waals surface area contributed by atoms with Crippen LogP contribution in [0.4, 0.5) is 5.69 Å². The van der Waals surface area contributed by atoms with E-state index >= 15 is 0 Å². The van der Waals surface area contributed by atoms with Crippen LogP contribution in [0.3, 0.4) is 0 Å². The summed E-state index contributed by atoms with van der Waals surface area (Å²) in [4.78, 5) is 10.8. The zero-order chi connectivity index (χ0) is 14.5. The Kier molecular flexibility index (Phi) is 4.34. The van der Waals surface area contributed by atoms with Crippen molar-refractivity contribution in [2.45, 2.75) is 6.10 Å². The number of rotatable bonds is 6. The van der Waals surface area contributed by atoms with Gasteiger partial charge in [-0.15, -0.1) is 0 Å². The Labute approximate surface area is 115 Å². The quantitative estimate of drug-likeness (QED) is 0.606. The number of para-hydroxylation sites is 2. The summed E-state index contributed by atoms with van der Waals surface area (Å²) in [5, 5.41) is 33.9. The number of nitrogens with one attached hydrogen (secondary N) is 1. The number of carboxylic acids is 1. The van der Waals surface area contributed by atoms with Crippen molar-refractivity contribution in [3.05, 3.63) is 42.2 Å². The number of nitrogens with zero attached hydrogens (tertiary/aromatic N) is 2. The number of aromatic nitrogens is 2. The minimum absolute atomic E-state index is 0.0461. The van der Waals surface area contributed by atoms with Crippen LogP contribution in [0.1, 0.15) is 10.5 Å². The average Bonchev–Trinajstić information content (AvgIpc) is 2.95. The van der Waals surface area contributed by atoms with Crippen LogP contribution in [0.2, 0.25) is 0 Å². The number of hydrogen-bond acceptors (Lipinski definition) is 5. The molecule has 7 heteroatoms. The smallest absolute Gasteiger partial charge is 0.356 e. The summed E-state index contributed by atoms with van der Waals surface area (Å²) in [6.07, 6.45) is 0.683. The summed E-state index contributed by atoms with van der Waals surface area (Å²) < 4.78 is 1.44. The molecule has 0 aliphatic carbocycles. The van der Waals surface area contributed by atoms with E-state index in [2.05, 4.69) is 10.4 Å². The minimum atomic E-state index is -1.09. The second-order valence-corrected chi connectivity index (χ2v) is 4.19. The lowest BCUT2D eigenvalue weighted by Crippen LogP contribution is -2.23. The van der Waals surface area contributed by atoms with Crippen LogP contribution >= 0.6 is 0 Å². The van der Waals surface area contributed by atoms with E-state index in [0.29, 0.717) is 11.4 Å². The normalized spacial score (nSPS) is 12.1. The fourth-order valence-electron chi connectivity index (χ4n) is 1.69. The van der Waals surface area contributed by atoms with Gasteiger partial charge in [-0.05, 0) is 18.2 Å². The zero-order valence-corrected chi connectivity index (χ0v) is 10.6. The van der Waals surface area contributed by atoms with Crippen LogP contribution in [0.5, 0.6) is 0 Å². The van der Waals surface area contributed by atoms with Crippen molar-refractivity contribution >= 4 is 11.7 Å². The SMILES string of the molecule is O=C(O)c1ccn(-c2ccccc2NCC(O)CO)n1. The molecule has 0 fully saturated rings. The van der Waals surface area contributed by atoms with Crippen LogP contribution in [0, 0.1) is 0 Å². The fraction of sp³-hybridized carbons (Fsp3) is 0.231. The van der Waals surface area contributed by atoms with E-state index < -0.39 is 12.1 Å². The van der Waals surface area contributed by atoms with E-state index in [1.54, 1.807) is 30.5 Å². The molecule has 106 valence electrons. The molecule has 4 N–H and O–H groups in total. The Hall–Kier alpha value is -2.38. The van der Waals surface area contributed by atoms with Crippen molar-refractivity contribution < 1.29 is 20.1 Å². The number of aromatic carboxylic acids is 1. The molecule has 0 bridgehead atoms. The molecular weight excluding hydrogens is 262 g/mol. The highest BCUT2D eigenvalue weighted by atomic mass is 16.4. The number of carbonyl (C=O) groups is 1. The molecule has 20 heavy (non-hydrogen) atoms. The number of carboxylic acid groups (broad SMARTS) is 1. The van der Waals surface area contributed by atoms with E-state index in [-0.39, 0.29) is 18.8 Å². The van der Waals surface area contributed by atoms with Gasteiger partial charge >= 0.3 is 5.97 Å². The maximum Gasteiger partial charge on any atom is 0.356 e. The molecule has 1 heterocycles. The number of aliphatic hydroxyl groups is 2. The first-order valence-corrected chi connectivity index (χ1v) is 6.03. The molecule has 2 rings (SSSR count). The predicted molar refractivity (Wildman–Crippen MR) is 72.1 cm³/mol. The third kappa shape index (κ3) is 3.14. The van der Waals surface area contributed by atoms with Gasteiger partial charge in [0.25, 0.3) is 0 Å². The molecule has 0 radical (unpaired) electrons. The number of hydrogen-bond donors (Lipinski definition) is 4. The van der Waals surface area contributed by atoms with Crippen LogP contribution in [-0.2, 0) is 0 Å². The summed E-state index contributed by atoms with van der Waals surface area (Å²) in [5.41, 5.74) is 1.29. The molecule has 0 saturated heterocycles. The van der Waals surface area contributed by atoms with Crippen molar-refractivity contribution in [2.24, 2.45) is 0 Å². The first kappa shape index (κ1) is 14.0. The van der Waals surface area contributed by atoms with Crippen LogP contribution < -0.4 is 5.32 Å². The molecule has 1 aromatic heterocycles. The van der Waals surface area contributed by atoms with Crippen molar-refractivity contribution in [1.82, 2.24) is 9.78 Å². The van der Waals surface area contributed by atoms with E-state index in [0.717, 1.165) is 0 Å². The van der Waals surface area contributed by atoms with Gasteiger partial charge < -0.3 is 20.6 Å². The molecule has 0 aliphatic rings. The maximum absolute atomic E-state index is 10.8. The van der Waals surface area contributed by atoms with Gasteiger partial charge in [0, 0.05) is 12.7 Å². The third-order valence-corrected chi connectivity index (χ3v) is 2.70. The molecule has 7 nitrogen and oxygen atoms in total. The zero-order valence-electron chi connectivity index (χ0n) is 10.6. The lowest BCUT2D eigenvalue weighted by Gasteiger charge is -2.14. The maximum atomic E-state index is 10.8. The standard InChI is InChI=1S/C13H15N3O4/c17-8-9(18)7-14-10-3-1-2-4-12(10)16-6-5-11(15-16)13(19)20/h1-6,9,14,17-18H,7-8H2,(H,19,20). The summed E-state index contributed by atoms with van der Waals surface area (Å²) in [7, 11) is 0. The summed E-state index contributed by atoms with van der Waals surface area (Å²) in [5.74, 6) is -1.09. The van der Waals surface area contributed by atoms with E-state index in [4.69, 9.17) is 10.2 Å².